The van der Waals surface area contributed by atoms with E-state index in [-0.39, 0.29) is 0 Å². The van der Waals surface area contributed by atoms with E-state index in [4.69, 9.17) is 4.98 Å². The van der Waals surface area contributed by atoms with Crippen LogP contribution in [0.2, 0.25) is 0 Å². The van der Waals surface area contributed by atoms with Crippen LogP contribution in [0.1, 0.15) is 49.8 Å². The number of aromatic nitrogens is 1. The van der Waals surface area contributed by atoms with Gasteiger partial charge in [-0.15, -0.1) is 23.5 Å². The zero-order valence-corrected chi connectivity index (χ0v) is 14.2. The first-order valence-corrected chi connectivity index (χ1v) is 8.90. The van der Waals surface area contributed by atoms with Crippen LogP contribution in [0, 0.1) is 0 Å². The van der Waals surface area contributed by atoms with Crippen molar-refractivity contribution in [1.29, 1.82) is 0 Å². The molecule has 3 rings (SSSR count). The summed E-state index contributed by atoms with van der Waals surface area (Å²) in [6, 6.07) is 6.42. The molecule has 0 aliphatic carbocycles. The predicted octanol–water partition coefficient (Wildman–Crippen LogP) is 3.31. The molecule has 3 heterocycles. The fourth-order valence-corrected chi connectivity index (χ4v) is 5.02. The molecule has 110 valence electrons. The fourth-order valence-electron chi connectivity index (χ4n) is 2.57. The van der Waals surface area contributed by atoms with Gasteiger partial charge in [0.05, 0.1) is 22.1 Å². The quantitative estimate of drug-likeness (QED) is 0.876. The molecule has 2 N–H and O–H groups in total. The molecule has 1 aromatic heterocycles. The normalized spacial score (nSPS) is 31.6. The average molecular weight is 310 g/mol. The van der Waals surface area contributed by atoms with E-state index < -0.39 is 0 Å². The molecule has 2 unspecified atom stereocenters. The van der Waals surface area contributed by atoms with Crippen molar-refractivity contribution in [3.63, 3.8) is 0 Å². The molecule has 0 aromatic carbocycles. The van der Waals surface area contributed by atoms with Crippen LogP contribution < -0.4 is 10.6 Å². The summed E-state index contributed by atoms with van der Waals surface area (Å²) in [5.41, 5.74) is 2.32. The summed E-state index contributed by atoms with van der Waals surface area (Å²) < 4.78 is 0.593. The SMILES string of the molecule is CC1(C)CNC(c2cccc(C3NCC(C)(C)S3)n2)S1. The van der Waals surface area contributed by atoms with Gasteiger partial charge in [0.15, 0.2) is 0 Å². The number of nitrogens with one attached hydrogen (secondary N) is 2. The van der Waals surface area contributed by atoms with Gasteiger partial charge in [-0.2, -0.15) is 0 Å². The number of rotatable bonds is 2. The second kappa shape index (κ2) is 5.20. The Bertz CT molecular complexity index is 460. The van der Waals surface area contributed by atoms with E-state index in [1.165, 1.54) is 0 Å². The molecule has 0 bridgehead atoms. The molecule has 2 aliphatic rings. The smallest absolute Gasteiger partial charge is 0.0968 e. The van der Waals surface area contributed by atoms with E-state index in [2.05, 4.69) is 56.5 Å². The third kappa shape index (κ3) is 3.16. The first kappa shape index (κ1) is 14.7. The Kier molecular flexibility index (Phi) is 3.82. The zero-order valence-electron chi connectivity index (χ0n) is 12.6. The number of hydrogen-bond donors (Lipinski definition) is 2. The lowest BCUT2D eigenvalue weighted by Gasteiger charge is -2.17. The van der Waals surface area contributed by atoms with Gasteiger partial charge in [0, 0.05) is 22.6 Å². The molecule has 1 aromatic rings. The van der Waals surface area contributed by atoms with Gasteiger partial charge in [-0.1, -0.05) is 6.07 Å². The Morgan fingerprint density at radius 1 is 0.950 bits per heavy atom. The van der Waals surface area contributed by atoms with Gasteiger partial charge in [0.2, 0.25) is 0 Å². The Morgan fingerprint density at radius 2 is 1.40 bits per heavy atom. The summed E-state index contributed by atoms with van der Waals surface area (Å²) in [6.07, 6.45) is 0. The molecule has 2 atom stereocenters. The molecule has 0 radical (unpaired) electrons. The van der Waals surface area contributed by atoms with Gasteiger partial charge in [-0.05, 0) is 39.8 Å². The van der Waals surface area contributed by atoms with E-state index in [1.807, 2.05) is 23.5 Å². The molecule has 2 aliphatic heterocycles. The maximum Gasteiger partial charge on any atom is 0.0968 e. The Balaban J connectivity index is 1.77. The van der Waals surface area contributed by atoms with E-state index in [9.17, 15) is 0 Å². The first-order chi connectivity index (χ1) is 9.35. The van der Waals surface area contributed by atoms with Crippen LogP contribution in [0.4, 0.5) is 0 Å². The largest absolute Gasteiger partial charge is 0.299 e. The topological polar surface area (TPSA) is 37.0 Å². The van der Waals surface area contributed by atoms with Crippen molar-refractivity contribution in [2.45, 2.75) is 47.9 Å². The van der Waals surface area contributed by atoms with Gasteiger partial charge < -0.3 is 0 Å². The van der Waals surface area contributed by atoms with Gasteiger partial charge in [-0.25, -0.2) is 0 Å². The van der Waals surface area contributed by atoms with E-state index in [0.717, 1.165) is 24.5 Å². The van der Waals surface area contributed by atoms with Crippen molar-refractivity contribution in [2.75, 3.05) is 13.1 Å². The highest BCUT2D eigenvalue weighted by molar-refractivity contribution is 8.01. The standard InChI is InChI=1S/C15H23N3S2/c1-14(2)8-16-12(19-14)10-6-5-7-11(18-10)13-17-9-15(3,4)20-13/h5-7,12-13,16-17H,8-9H2,1-4H3. The van der Waals surface area contributed by atoms with Gasteiger partial charge >= 0.3 is 0 Å². The predicted molar refractivity (Wildman–Crippen MR) is 89.1 cm³/mol. The Morgan fingerprint density at radius 3 is 1.75 bits per heavy atom. The Hall–Kier alpha value is -0.230. The Labute approximate surface area is 130 Å². The maximum atomic E-state index is 4.90. The minimum absolute atomic E-state index is 0.296. The molecule has 2 saturated heterocycles. The minimum Gasteiger partial charge on any atom is -0.299 e. The lowest BCUT2D eigenvalue weighted by atomic mass is 10.2. The van der Waals surface area contributed by atoms with Gasteiger partial charge in [0.1, 0.15) is 0 Å². The summed E-state index contributed by atoms with van der Waals surface area (Å²) in [5.74, 6) is 0. The van der Waals surface area contributed by atoms with Crippen molar-refractivity contribution in [3.05, 3.63) is 29.6 Å². The number of pyridine rings is 1. The van der Waals surface area contributed by atoms with Crippen molar-refractivity contribution < 1.29 is 0 Å². The zero-order chi connectivity index (χ0) is 14.4. The van der Waals surface area contributed by atoms with Crippen LogP contribution in [-0.4, -0.2) is 27.6 Å². The fraction of sp³-hybridized carbons (Fsp3) is 0.667. The van der Waals surface area contributed by atoms with Gasteiger partial charge in [-0.3, -0.25) is 15.6 Å². The van der Waals surface area contributed by atoms with Crippen LogP contribution >= 0.6 is 23.5 Å². The summed E-state index contributed by atoms with van der Waals surface area (Å²) in [7, 11) is 0. The van der Waals surface area contributed by atoms with Gasteiger partial charge in [0.25, 0.3) is 0 Å². The van der Waals surface area contributed by atoms with Crippen LogP contribution in [0.3, 0.4) is 0 Å². The van der Waals surface area contributed by atoms with Crippen molar-refractivity contribution in [1.82, 2.24) is 15.6 Å². The molecule has 2 fully saturated rings. The second-order valence-corrected chi connectivity index (χ2v) is 10.4. The van der Waals surface area contributed by atoms with Crippen molar-refractivity contribution >= 4 is 23.5 Å². The van der Waals surface area contributed by atoms with Crippen molar-refractivity contribution in [2.24, 2.45) is 0 Å². The number of thioether (sulfide) groups is 2. The van der Waals surface area contributed by atoms with Crippen LogP contribution in [0.15, 0.2) is 18.2 Å². The molecule has 5 heteroatoms. The summed E-state index contributed by atoms with van der Waals surface area (Å²) in [5, 5.41) is 7.79. The minimum atomic E-state index is 0.296. The molecule has 0 spiro atoms. The maximum absolute atomic E-state index is 4.90. The lowest BCUT2D eigenvalue weighted by Crippen LogP contribution is -2.22. The van der Waals surface area contributed by atoms with E-state index in [1.54, 1.807) is 0 Å². The molecular weight excluding hydrogens is 286 g/mol. The number of nitrogens with zero attached hydrogens (tertiary/aromatic N) is 1. The highest BCUT2D eigenvalue weighted by atomic mass is 32.2. The summed E-state index contributed by atoms with van der Waals surface area (Å²) >= 11 is 3.94. The van der Waals surface area contributed by atoms with Crippen LogP contribution in [0.5, 0.6) is 0 Å². The highest BCUT2D eigenvalue weighted by Crippen LogP contribution is 2.43. The molecular formula is C15H23N3S2. The molecule has 3 nitrogen and oxygen atoms in total. The average Bonchev–Trinajstić information content (AvgIpc) is 2.92. The van der Waals surface area contributed by atoms with Crippen LogP contribution in [0.25, 0.3) is 0 Å². The van der Waals surface area contributed by atoms with Crippen LogP contribution in [-0.2, 0) is 0 Å². The first-order valence-electron chi connectivity index (χ1n) is 7.14. The second-order valence-electron chi connectivity index (χ2n) is 6.76. The van der Waals surface area contributed by atoms with E-state index >= 15 is 0 Å². The lowest BCUT2D eigenvalue weighted by molar-refractivity contribution is 0.617. The molecule has 20 heavy (non-hydrogen) atoms. The summed E-state index contributed by atoms with van der Waals surface area (Å²) in [6.45, 7) is 11.2. The molecule has 0 saturated carbocycles. The summed E-state index contributed by atoms with van der Waals surface area (Å²) in [4.78, 5) is 4.90. The van der Waals surface area contributed by atoms with Crippen molar-refractivity contribution in [3.8, 4) is 0 Å². The highest BCUT2D eigenvalue weighted by Gasteiger charge is 2.35. The third-order valence-electron chi connectivity index (χ3n) is 3.63. The monoisotopic (exact) mass is 309 g/mol. The third-order valence-corrected chi connectivity index (χ3v) is 6.48. The molecule has 0 amide bonds. The number of hydrogen-bond acceptors (Lipinski definition) is 5. The van der Waals surface area contributed by atoms with E-state index in [0.29, 0.717) is 20.2 Å².